The van der Waals surface area contributed by atoms with Gasteiger partial charge in [-0.2, -0.15) is 0 Å². The lowest BCUT2D eigenvalue weighted by Crippen LogP contribution is -2.45. The number of carboxylic acid groups (broad SMARTS) is 1. The Morgan fingerprint density at radius 2 is 1.47 bits per heavy atom. The molecule has 2 aromatic carbocycles. The zero-order valence-corrected chi connectivity index (χ0v) is 21.3. The number of methoxy groups -OCH3 is 2. The number of nitrogens with zero attached hydrogens (tertiary/aromatic N) is 2. The smallest absolute Gasteiger partial charge is 0.320 e. The van der Waals surface area contributed by atoms with Crippen LogP contribution < -0.4 is 9.47 Å². The molecule has 0 aliphatic carbocycles. The van der Waals surface area contributed by atoms with Crippen LogP contribution in [-0.2, 0) is 30.3 Å². The Hall–Kier alpha value is -3.18. The highest BCUT2D eigenvalue weighted by atomic mass is 16.7. The van der Waals surface area contributed by atoms with E-state index in [1.54, 1.807) is 17.9 Å². The first-order valence-corrected chi connectivity index (χ1v) is 11.7. The quantitative estimate of drug-likeness (QED) is 0.255. The van der Waals surface area contributed by atoms with E-state index in [1.165, 1.54) is 14.2 Å². The third kappa shape index (κ3) is 8.80. The predicted octanol–water partition coefficient (Wildman–Crippen LogP) is 3.12. The Labute approximate surface area is 212 Å². The maximum Gasteiger partial charge on any atom is 0.320 e. The van der Waals surface area contributed by atoms with Gasteiger partial charge < -0.3 is 28.8 Å². The van der Waals surface area contributed by atoms with Crippen molar-refractivity contribution in [3.8, 4) is 11.5 Å². The number of rotatable bonds is 17. The lowest BCUT2D eigenvalue weighted by atomic mass is 10.1. The van der Waals surface area contributed by atoms with E-state index in [1.807, 2.05) is 54.3 Å². The molecule has 0 spiro atoms. The van der Waals surface area contributed by atoms with Gasteiger partial charge in [-0.15, -0.1) is 0 Å². The van der Waals surface area contributed by atoms with Gasteiger partial charge in [0, 0.05) is 31.9 Å². The number of aliphatic carboxylic acids is 1. The molecule has 1 N–H and O–H groups in total. The molecule has 1 atom stereocenters. The van der Waals surface area contributed by atoms with Crippen LogP contribution in [0.5, 0.6) is 11.5 Å². The Morgan fingerprint density at radius 3 is 2.08 bits per heavy atom. The summed E-state index contributed by atoms with van der Waals surface area (Å²) in [6.07, 6.45) is -0.640. The fourth-order valence-electron chi connectivity index (χ4n) is 3.83. The standard InChI is InChI=1S/C26H36N2O8/c1-5-27(16-24(29)30)26(21-12-8-10-14-23(21)36-19-33-4)28(17-25(31)34-6-2)15-20-11-7-9-13-22(20)35-18-32-3/h7-14,26H,5-6,15-19H2,1-4H3,(H,29,30). The molecule has 0 amide bonds. The molecule has 0 saturated heterocycles. The van der Waals surface area contributed by atoms with E-state index in [4.69, 9.17) is 23.7 Å². The molecule has 10 nitrogen and oxygen atoms in total. The van der Waals surface area contributed by atoms with E-state index in [2.05, 4.69) is 0 Å². The average molecular weight is 505 g/mol. The molecule has 0 heterocycles. The number of hydrogen-bond acceptors (Lipinski definition) is 9. The van der Waals surface area contributed by atoms with Crippen LogP contribution in [0.2, 0.25) is 0 Å². The molecule has 0 aliphatic rings. The molecule has 0 bridgehead atoms. The Kier molecular flexibility index (Phi) is 12.7. The Morgan fingerprint density at radius 1 is 0.861 bits per heavy atom. The second-order valence-corrected chi connectivity index (χ2v) is 7.79. The second kappa shape index (κ2) is 15.7. The van der Waals surface area contributed by atoms with Crippen molar-refractivity contribution in [2.75, 3.05) is 54.0 Å². The number of hydrogen-bond donors (Lipinski definition) is 1. The van der Waals surface area contributed by atoms with Gasteiger partial charge in [0.1, 0.15) is 11.5 Å². The summed E-state index contributed by atoms with van der Waals surface area (Å²) in [4.78, 5) is 28.1. The van der Waals surface area contributed by atoms with Crippen molar-refractivity contribution >= 4 is 11.9 Å². The first-order valence-electron chi connectivity index (χ1n) is 11.7. The SMILES string of the molecule is CCOC(=O)CN(Cc1ccccc1OCOC)C(c1ccccc1OCOC)N(CC)CC(=O)O. The third-order valence-electron chi connectivity index (χ3n) is 5.28. The minimum Gasteiger partial charge on any atom is -0.480 e. The van der Waals surface area contributed by atoms with E-state index in [-0.39, 0.29) is 39.8 Å². The molecule has 0 aromatic heterocycles. The second-order valence-electron chi connectivity index (χ2n) is 7.79. The molecule has 10 heteroatoms. The van der Waals surface area contributed by atoms with Crippen molar-refractivity contribution < 1.29 is 38.4 Å². The highest BCUT2D eigenvalue weighted by Crippen LogP contribution is 2.34. The van der Waals surface area contributed by atoms with Crippen molar-refractivity contribution in [3.63, 3.8) is 0 Å². The number of carboxylic acids is 1. The molecular weight excluding hydrogens is 468 g/mol. The number of carbonyl (C=O) groups is 2. The predicted molar refractivity (Wildman–Crippen MR) is 133 cm³/mol. The summed E-state index contributed by atoms with van der Waals surface area (Å²) in [5.41, 5.74) is 1.49. The monoisotopic (exact) mass is 504 g/mol. The third-order valence-corrected chi connectivity index (χ3v) is 5.28. The van der Waals surface area contributed by atoms with Gasteiger partial charge in [-0.3, -0.25) is 19.4 Å². The molecule has 0 radical (unpaired) electrons. The molecule has 1 unspecified atom stereocenters. The van der Waals surface area contributed by atoms with Crippen LogP contribution in [0, 0.1) is 0 Å². The van der Waals surface area contributed by atoms with Gasteiger partial charge in [0.05, 0.1) is 25.9 Å². The topological polar surface area (TPSA) is 107 Å². The lowest BCUT2D eigenvalue weighted by Gasteiger charge is -2.39. The summed E-state index contributed by atoms with van der Waals surface area (Å²) in [6, 6.07) is 14.7. The van der Waals surface area contributed by atoms with Crippen molar-refractivity contribution in [1.29, 1.82) is 0 Å². The highest BCUT2D eigenvalue weighted by Gasteiger charge is 2.32. The maximum atomic E-state index is 12.7. The van der Waals surface area contributed by atoms with Crippen LogP contribution in [0.1, 0.15) is 31.1 Å². The number of para-hydroxylation sites is 2. The Bertz CT molecular complexity index is 955. The lowest BCUT2D eigenvalue weighted by molar-refractivity contribution is -0.147. The van der Waals surface area contributed by atoms with Crippen LogP contribution in [-0.4, -0.2) is 80.9 Å². The van der Waals surface area contributed by atoms with Crippen LogP contribution in [0.15, 0.2) is 48.5 Å². The average Bonchev–Trinajstić information content (AvgIpc) is 2.87. The van der Waals surface area contributed by atoms with Crippen LogP contribution in [0.3, 0.4) is 0 Å². The van der Waals surface area contributed by atoms with Crippen molar-refractivity contribution in [2.45, 2.75) is 26.6 Å². The number of ether oxygens (including phenoxy) is 5. The van der Waals surface area contributed by atoms with E-state index in [0.29, 0.717) is 23.6 Å². The van der Waals surface area contributed by atoms with Gasteiger partial charge in [0.2, 0.25) is 0 Å². The van der Waals surface area contributed by atoms with Crippen LogP contribution >= 0.6 is 0 Å². The first kappa shape index (κ1) is 29.1. The first-order chi connectivity index (χ1) is 17.4. The molecule has 36 heavy (non-hydrogen) atoms. The zero-order chi connectivity index (χ0) is 26.3. The highest BCUT2D eigenvalue weighted by molar-refractivity contribution is 5.72. The molecule has 198 valence electrons. The fraction of sp³-hybridized carbons (Fsp3) is 0.462. The van der Waals surface area contributed by atoms with E-state index in [9.17, 15) is 14.7 Å². The molecule has 0 aliphatic heterocycles. The summed E-state index contributed by atoms with van der Waals surface area (Å²) >= 11 is 0. The van der Waals surface area contributed by atoms with E-state index < -0.39 is 18.1 Å². The minimum absolute atomic E-state index is 0.0142. The number of esters is 1. The number of carbonyl (C=O) groups excluding carboxylic acids is 1. The number of likely N-dealkylation sites (N-methyl/N-ethyl adjacent to an activating group) is 1. The molecule has 2 aromatic rings. The molecular formula is C26H36N2O8. The van der Waals surface area contributed by atoms with Crippen LogP contribution in [0.25, 0.3) is 0 Å². The van der Waals surface area contributed by atoms with E-state index in [0.717, 1.165) is 5.56 Å². The summed E-state index contributed by atoms with van der Waals surface area (Å²) in [5.74, 6) is -0.306. The van der Waals surface area contributed by atoms with Gasteiger partial charge in [-0.25, -0.2) is 0 Å². The summed E-state index contributed by atoms with van der Waals surface area (Å²) < 4.78 is 27.0. The summed E-state index contributed by atoms with van der Waals surface area (Å²) in [6.45, 7) is 4.23. The van der Waals surface area contributed by atoms with Crippen LogP contribution in [0.4, 0.5) is 0 Å². The molecule has 0 fully saturated rings. The van der Waals surface area contributed by atoms with Crippen molar-refractivity contribution in [2.24, 2.45) is 0 Å². The molecule has 2 rings (SSSR count). The van der Waals surface area contributed by atoms with Gasteiger partial charge in [-0.1, -0.05) is 43.3 Å². The van der Waals surface area contributed by atoms with Gasteiger partial charge >= 0.3 is 11.9 Å². The van der Waals surface area contributed by atoms with Crippen molar-refractivity contribution in [1.82, 2.24) is 9.80 Å². The maximum absolute atomic E-state index is 12.7. The van der Waals surface area contributed by atoms with Crippen molar-refractivity contribution in [3.05, 3.63) is 59.7 Å². The van der Waals surface area contributed by atoms with Gasteiger partial charge in [0.25, 0.3) is 0 Å². The van der Waals surface area contributed by atoms with Gasteiger partial charge in [0.15, 0.2) is 13.6 Å². The van der Waals surface area contributed by atoms with Gasteiger partial charge in [-0.05, 0) is 25.6 Å². The number of benzene rings is 2. The fourth-order valence-corrected chi connectivity index (χ4v) is 3.83. The molecule has 0 saturated carbocycles. The summed E-state index contributed by atoms with van der Waals surface area (Å²) in [7, 11) is 3.06. The zero-order valence-electron chi connectivity index (χ0n) is 21.3. The minimum atomic E-state index is -0.989. The summed E-state index contributed by atoms with van der Waals surface area (Å²) in [5, 5.41) is 9.66. The van der Waals surface area contributed by atoms with E-state index >= 15 is 0 Å². The normalized spacial score (nSPS) is 11.9. The largest absolute Gasteiger partial charge is 0.480 e. The Balaban J connectivity index is 2.61.